The van der Waals surface area contributed by atoms with E-state index in [1.807, 2.05) is 6.08 Å². The molecule has 0 radical (unpaired) electrons. The lowest BCUT2D eigenvalue weighted by atomic mass is 10.2. The molecule has 0 saturated heterocycles. The molecule has 0 aliphatic rings. The average Bonchev–Trinajstić information content (AvgIpc) is 2.16. The molecule has 1 aromatic rings. The Hall–Kier alpha value is -1.02. The van der Waals surface area contributed by atoms with Gasteiger partial charge in [0.05, 0.1) is 10.7 Å². The lowest BCUT2D eigenvalue weighted by Gasteiger charge is -2.08. The van der Waals surface area contributed by atoms with Crippen LogP contribution in [0, 0.1) is 5.82 Å². The fraction of sp³-hybridized carbons (Fsp3) is 0.273. The maximum Gasteiger partial charge on any atom is 0.147 e. The largest absolute Gasteiger partial charge is 0.381 e. The van der Waals surface area contributed by atoms with E-state index in [1.54, 1.807) is 12.1 Å². The highest BCUT2D eigenvalue weighted by atomic mass is 35.5. The van der Waals surface area contributed by atoms with Gasteiger partial charge in [0, 0.05) is 6.54 Å². The summed E-state index contributed by atoms with van der Waals surface area (Å²) in [5.41, 5.74) is 0.387. The summed E-state index contributed by atoms with van der Waals surface area (Å²) in [5.74, 6) is -0.309. The second kappa shape index (κ2) is 5.66. The molecule has 0 saturated carbocycles. The molecule has 1 N–H and O–H groups in total. The number of anilines is 1. The Labute approximate surface area is 88.6 Å². The van der Waals surface area contributed by atoms with Crippen LogP contribution in [0.15, 0.2) is 30.9 Å². The van der Waals surface area contributed by atoms with E-state index in [-0.39, 0.29) is 5.82 Å². The summed E-state index contributed by atoms with van der Waals surface area (Å²) in [5, 5.41) is 3.38. The summed E-state index contributed by atoms with van der Waals surface area (Å²) in [7, 11) is 0. The van der Waals surface area contributed by atoms with Crippen molar-refractivity contribution in [3.8, 4) is 0 Å². The van der Waals surface area contributed by atoms with Crippen LogP contribution in [0.1, 0.15) is 12.8 Å². The fourth-order valence-corrected chi connectivity index (χ4v) is 1.36. The topological polar surface area (TPSA) is 12.0 Å². The van der Waals surface area contributed by atoms with E-state index in [2.05, 4.69) is 11.9 Å². The van der Waals surface area contributed by atoms with Crippen molar-refractivity contribution in [2.75, 3.05) is 11.9 Å². The molecule has 0 aliphatic heterocycles. The first-order valence-electron chi connectivity index (χ1n) is 4.54. The van der Waals surface area contributed by atoms with Gasteiger partial charge in [-0.25, -0.2) is 4.39 Å². The average molecular weight is 214 g/mol. The van der Waals surface area contributed by atoms with E-state index >= 15 is 0 Å². The van der Waals surface area contributed by atoms with Crippen molar-refractivity contribution >= 4 is 17.3 Å². The molecule has 0 aliphatic carbocycles. The zero-order valence-corrected chi connectivity index (χ0v) is 8.65. The van der Waals surface area contributed by atoms with Crippen molar-refractivity contribution in [1.82, 2.24) is 0 Å². The van der Waals surface area contributed by atoms with Crippen LogP contribution >= 0.6 is 11.6 Å². The van der Waals surface area contributed by atoms with Gasteiger partial charge in [-0.2, -0.15) is 0 Å². The molecule has 0 amide bonds. The van der Waals surface area contributed by atoms with Crippen molar-refractivity contribution in [3.05, 3.63) is 41.7 Å². The van der Waals surface area contributed by atoms with Gasteiger partial charge in [0.15, 0.2) is 0 Å². The van der Waals surface area contributed by atoms with Gasteiger partial charge in [0.1, 0.15) is 5.82 Å². The van der Waals surface area contributed by atoms with Crippen LogP contribution in [0.4, 0.5) is 10.1 Å². The molecule has 1 nitrogen and oxygen atoms in total. The standard InChI is InChI=1S/C11H13ClFN/c1-2-3-4-8-14-11-9(12)6-5-7-10(11)13/h2,5-7,14H,1,3-4,8H2. The van der Waals surface area contributed by atoms with Crippen molar-refractivity contribution in [1.29, 1.82) is 0 Å². The predicted molar refractivity (Wildman–Crippen MR) is 59.3 cm³/mol. The van der Waals surface area contributed by atoms with Crippen LogP contribution in [-0.4, -0.2) is 6.54 Å². The Morgan fingerprint density at radius 3 is 2.93 bits per heavy atom. The number of unbranched alkanes of at least 4 members (excludes halogenated alkanes) is 1. The first-order valence-corrected chi connectivity index (χ1v) is 4.92. The van der Waals surface area contributed by atoms with Crippen molar-refractivity contribution in [2.45, 2.75) is 12.8 Å². The molecule has 0 atom stereocenters. The highest BCUT2D eigenvalue weighted by Gasteiger charge is 2.04. The summed E-state index contributed by atoms with van der Waals surface area (Å²) in [6.07, 6.45) is 3.68. The van der Waals surface area contributed by atoms with Crippen LogP contribution in [0.2, 0.25) is 5.02 Å². The van der Waals surface area contributed by atoms with Crippen molar-refractivity contribution in [3.63, 3.8) is 0 Å². The molecule has 1 aromatic carbocycles. The number of rotatable bonds is 5. The van der Waals surface area contributed by atoms with Crippen LogP contribution < -0.4 is 5.32 Å². The molecule has 0 bridgehead atoms. The molecular formula is C11H13ClFN. The number of nitrogens with one attached hydrogen (secondary N) is 1. The predicted octanol–water partition coefficient (Wildman–Crippen LogP) is 3.86. The second-order valence-corrected chi connectivity index (χ2v) is 3.36. The lowest BCUT2D eigenvalue weighted by Crippen LogP contribution is -2.03. The molecule has 0 unspecified atom stereocenters. The van der Waals surface area contributed by atoms with E-state index in [0.29, 0.717) is 17.3 Å². The first-order chi connectivity index (χ1) is 6.75. The van der Waals surface area contributed by atoms with Gasteiger partial charge in [-0.05, 0) is 25.0 Å². The molecule has 1 rings (SSSR count). The van der Waals surface area contributed by atoms with Gasteiger partial charge in [-0.15, -0.1) is 6.58 Å². The third-order valence-electron chi connectivity index (χ3n) is 1.85. The SMILES string of the molecule is C=CCCCNc1c(F)cccc1Cl. The van der Waals surface area contributed by atoms with Gasteiger partial charge in [-0.3, -0.25) is 0 Å². The van der Waals surface area contributed by atoms with Crippen LogP contribution in [-0.2, 0) is 0 Å². The number of hydrogen-bond donors (Lipinski definition) is 1. The summed E-state index contributed by atoms with van der Waals surface area (Å²) < 4.78 is 13.2. The molecule has 0 heterocycles. The number of allylic oxidation sites excluding steroid dienone is 1. The van der Waals surface area contributed by atoms with Crippen LogP contribution in [0.25, 0.3) is 0 Å². The van der Waals surface area contributed by atoms with E-state index in [0.717, 1.165) is 12.8 Å². The summed E-state index contributed by atoms with van der Waals surface area (Å²) >= 11 is 5.82. The zero-order valence-electron chi connectivity index (χ0n) is 7.89. The van der Waals surface area contributed by atoms with Gasteiger partial charge < -0.3 is 5.32 Å². The molecule has 14 heavy (non-hydrogen) atoms. The Morgan fingerprint density at radius 1 is 1.50 bits per heavy atom. The molecule has 0 fully saturated rings. The Balaban J connectivity index is 2.53. The lowest BCUT2D eigenvalue weighted by molar-refractivity contribution is 0.629. The van der Waals surface area contributed by atoms with E-state index < -0.39 is 0 Å². The normalized spacial score (nSPS) is 9.86. The van der Waals surface area contributed by atoms with Crippen molar-refractivity contribution < 1.29 is 4.39 Å². The monoisotopic (exact) mass is 213 g/mol. The highest BCUT2D eigenvalue weighted by molar-refractivity contribution is 6.33. The Bertz CT molecular complexity index is 292. The van der Waals surface area contributed by atoms with Gasteiger partial charge in [-0.1, -0.05) is 23.7 Å². The number of hydrogen-bond acceptors (Lipinski definition) is 1. The van der Waals surface area contributed by atoms with Gasteiger partial charge >= 0.3 is 0 Å². The number of para-hydroxylation sites is 1. The summed E-state index contributed by atoms with van der Waals surface area (Å²) in [6, 6.07) is 4.65. The maximum absolute atomic E-state index is 13.2. The highest BCUT2D eigenvalue weighted by Crippen LogP contribution is 2.24. The van der Waals surface area contributed by atoms with Crippen molar-refractivity contribution in [2.24, 2.45) is 0 Å². The Morgan fingerprint density at radius 2 is 2.29 bits per heavy atom. The molecule has 76 valence electrons. The minimum Gasteiger partial charge on any atom is -0.381 e. The third kappa shape index (κ3) is 3.04. The summed E-state index contributed by atoms with van der Waals surface area (Å²) in [6.45, 7) is 4.31. The summed E-state index contributed by atoms with van der Waals surface area (Å²) in [4.78, 5) is 0. The molecule has 3 heteroatoms. The van der Waals surface area contributed by atoms with E-state index in [9.17, 15) is 4.39 Å². The zero-order chi connectivity index (χ0) is 10.4. The van der Waals surface area contributed by atoms with Crippen LogP contribution in [0.3, 0.4) is 0 Å². The van der Waals surface area contributed by atoms with Crippen LogP contribution in [0.5, 0.6) is 0 Å². The molecule has 0 spiro atoms. The second-order valence-electron chi connectivity index (χ2n) is 2.95. The smallest absolute Gasteiger partial charge is 0.147 e. The quantitative estimate of drug-likeness (QED) is 0.579. The molecule has 0 aromatic heterocycles. The minimum atomic E-state index is -0.309. The fourth-order valence-electron chi connectivity index (χ4n) is 1.13. The Kier molecular flexibility index (Phi) is 4.47. The molecular weight excluding hydrogens is 201 g/mol. The van der Waals surface area contributed by atoms with Gasteiger partial charge in [0.2, 0.25) is 0 Å². The number of benzene rings is 1. The number of halogens is 2. The third-order valence-corrected chi connectivity index (χ3v) is 2.16. The minimum absolute atomic E-state index is 0.309. The van der Waals surface area contributed by atoms with E-state index in [1.165, 1.54) is 6.07 Å². The first kappa shape index (κ1) is 11.1. The van der Waals surface area contributed by atoms with E-state index in [4.69, 9.17) is 11.6 Å². The maximum atomic E-state index is 13.2. The van der Waals surface area contributed by atoms with Gasteiger partial charge in [0.25, 0.3) is 0 Å².